The topological polar surface area (TPSA) is 55.0 Å². The smallest absolute Gasteiger partial charge is 0.260 e. The van der Waals surface area contributed by atoms with Gasteiger partial charge in [0.05, 0.1) is 5.39 Å². The summed E-state index contributed by atoms with van der Waals surface area (Å²) in [4.78, 5) is 21.4. The van der Waals surface area contributed by atoms with Crippen LogP contribution in [0.1, 0.15) is 24.0 Å². The molecule has 1 N–H and O–H groups in total. The molecule has 0 unspecified atom stereocenters. The van der Waals surface area contributed by atoms with Gasteiger partial charge in [-0.2, -0.15) is 0 Å². The fourth-order valence-electron chi connectivity index (χ4n) is 2.51. The summed E-state index contributed by atoms with van der Waals surface area (Å²) in [6, 6.07) is 6.16. The number of ether oxygens (including phenoxy) is 1. The molecule has 3 aromatic rings. The molecule has 0 bridgehead atoms. The molecule has 2 aromatic heterocycles. The Morgan fingerprint density at radius 1 is 1.30 bits per heavy atom. The molecular formula is C17H17FN2O2S. The second kappa shape index (κ2) is 6.60. The number of nitrogens with zero attached hydrogens (tertiary/aromatic N) is 1. The van der Waals surface area contributed by atoms with Crippen LogP contribution >= 0.6 is 11.3 Å². The number of aromatic amines is 1. The van der Waals surface area contributed by atoms with Gasteiger partial charge in [0.15, 0.2) is 0 Å². The summed E-state index contributed by atoms with van der Waals surface area (Å²) < 4.78 is 18.6. The van der Waals surface area contributed by atoms with Crippen LogP contribution in [0.4, 0.5) is 4.39 Å². The summed E-state index contributed by atoms with van der Waals surface area (Å²) in [5.74, 6) is 0.233. The van der Waals surface area contributed by atoms with Crippen molar-refractivity contribution < 1.29 is 9.13 Å². The van der Waals surface area contributed by atoms with Crippen molar-refractivity contribution >= 4 is 21.6 Å². The molecule has 4 nitrogen and oxygen atoms in total. The van der Waals surface area contributed by atoms with Gasteiger partial charge >= 0.3 is 0 Å². The lowest BCUT2D eigenvalue weighted by Crippen LogP contribution is -2.12. The predicted octanol–water partition coefficient (Wildman–Crippen LogP) is 4.03. The second-order valence-corrected chi connectivity index (χ2v) is 6.49. The van der Waals surface area contributed by atoms with Crippen LogP contribution in [0.15, 0.2) is 29.1 Å². The zero-order valence-electron chi connectivity index (χ0n) is 13.0. The van der Waals surface area contributed by atoms with E-state index in [-0.39, 0.29) is 11.4 Å². The molecule has 0 aliphatic carbocycles. The molecule has 1 aromatic carbocycles. The van der Waals surface area contributed by atoms with Crippen molar-refractivity contribution in [2.45, 2.75) is 26.9 Å². The molecule has 0 radical (unpaired) electrons. The molecule has 0 spiro atoms. The van der Waals surface area contributed by atoms with Gasteiger partial charge in [0.25, 0.3) is 5.56 Å². The minimum Gasteiger partial charge on any atom is -0.374 e. The average Bonchev–Trinajstić information content (AvgIpc) is 2.85. The Kier molecular flexibility index (Phi) is 4.54. The van der Waals surface area contributed by atoms with E-state index in [4.69, 9.17) is 4.74 Å². The zero-order chi connectivity index (χ0) is 16.4. The molecule has 120 valence electrons. The van der Waals surface area contributed by atoms with Crippen LogP contribution < -0.4 is 5.56 Å². The van der Waals surface area contributed by atoms with Crippen molar-refractivity contribution in [3.63, 3.8) is 0 Å². The highest BCUT2D eigenvalue weighted by molar-refractivity contribution is 7.19. The largest absolute Gasteiger partial charge is 0.374 e. The van der Waals surface area contributed by atoms with Crippen LogP contribution in [0.3, 0.4) is 0 Å². The van der Waals surface area contributed by atoms with Crippen molar-refractivity contribution in [3.05, 3.63) is 51.1 Å². The highest BCUT2D eigenvalue weighted by Crippen LogP contribution is 2.35. The summed E-state index contributed by atoms with van der Waals surface area (Å²) in [6.07, 6.45) is 0.916. The summed E-state index contributed by atoms with van der Waals surface area (Å²) >= 11 is 1.46. The Morgan fingerprint density at radius 3 is 2.74 bits per heavy atom. The van der Waals surface area contributed by atoms with E-state index in [1.54, 1.807) is 12.1 Å². The first-order valence-electron chi connectivity index (χ1n) is 7.46. The predicted molar refractivity (Wildman–Crippen MR) is 90.3 cm³/mol. The van der Waals surface area contributed by atoms with Gasteiger partial charge in [0.2, 0.25) is 0 Å². The molecule has 0 aliphatic rings. The molecular weight excluding hydrogens is 315 g/mol. The van der Waals surface area contributed by atoms with Gasteiger partial charge in [0, 0.05) is 17.0 Å². The number of aryl methyl sites for hydroxylation is 1. The van der Waals surface area contributed by atoms with E-state index in [2.05, 4.69) is 9.97 Å². The van der Waals surface area contributed by atoms with Crippen molar-refractivity contribution in [2.24, 2.45) is 0 Å². The highest BCUT2D eigenvalue weighted by Gasteiger charge is 2.16. The summed E-state index contributed by atoms with van der Waals surface area (Å²) in [5, 5.41) is 0.554. The van der Waals surface area contributed by atoms with Crippen molar-refractivity contribution in [3.8, 4) is 11.1 Å². The van der Waals surface area contributed by atoms with E-state index in [9.17, 15) is 9.18 Å². The first-order valence-corrected chi connectivity index (χ1v) is 8.27. The molecule has 23 heavy (non-hydrogen) atoms. The number of fused-ring (bicyclic) bond motifs is 1. The fraction of sp³-hybridized carbons (Fsp3) is 0.294. The number of thiophene rings is 1. The number of halogens is 1. The van der Waals surface area contributed by atoms with E-state index in [0.29, 0.717) is 29.3 Å². The van der Waals surface area contributed by atoms with Gasteiger partial charge in [0.1, 0.15) is 23.1 Å². The molecule has 0 amide bonds. The molecule has 6 heteroatoms. The average molecular weight is 332 g/mol. The molecule has 0 saturated heterocycles. The number of benzene rings is 1. The first kappa shape index (κ1) is 15.8. The molecule has 0 atom stereocenters. The number of hydrogen-bond donors (Lipinski definition) is 1. The molecule has 3 rings (SSSR count). The Balaban J connectivity index is 2.08. The van der Waals surface area contributed by atoms with E-state index in [0.717, 1.165) is 22.4 Å². The normalized spacial score (nSPS) is 11.3. The van der Waals surface area contributed by atoms with E-state index >= 15 is 0 Å². The quantitative estimate of drug-likeness (QED) is 0.718. The Labute approximate surface area is 137 Å². The number of aromatic nitrogens is 2. The van der Waals surface area contributed by atoms with Crippen LogP contribution in [0, 0.1) is 12.7 Å². The Bertz CT molecular complexity index is 884. The Hall–Kier alpha value is -2.05. The number of rotatable bonds is 5. The van der Waals surface area contributed by atoms with Crippen LogP contribution in [-0.4, -0.2) is 16.6 Å². The molecule has 2 heterocycles. The van der Waals surface area contributed by atoms with Crippen LogP contribution in [0.25, 0.3) is 21.3 Å². The van der Waals surface area contributed by atoms with Gasteiger partial charge in [-0.15, -0.1) is 11.3 Å². The summed E-state index contributed by atoms with van der Waals surface area (Å²) in [6.45, 7) is 4.89. The zero-order valence-corrected chi connectivity index (χ0v) is 13.8. The van der Waals surface area contributed by atoms with E-state index in [1.807, 2.05) is 13.8 Å². The maximum atomic E-state index is 13.1. The van der Waals surface area contributed by atoms with E-state index in [1.165, 1.54) is 23.5 Å². The third-order valence-electron chi connectivity index (χ3n) is 3.51. The minimum atomic E-state index is -0.298. The van der Waals surface area contributed by atoms with Gasteiger partial charge in [-0.3, -0.25) is 4.79 Å². The second-order valence-electron chi connectivity index (χ2n) is 5.29. The third-order valence-corrected chi connectivity index (χ3v) is 4.51. The standard InChI is InChI=1S/C17H17FN2O2S/c1-3-8-22-9-13-19-16(21)15-14(10(2)23-17(15)20-13)11-4-6-12(18)7-5-11/h4-7H,3,8-9H2,1-2H3,(H,19,20,21). The van der Waals surface area contributed by atoms with Crippen LogP contribution in [0.2, 0.25) is 0 Å². The third kappa shape index (κ3) is 3.18. The summed E-state index contributed by atoms with van der Waals surface area (Å²) in [7, 11) is 0. The van der Waals surface area contributed by atoms with E-state index < -0.39 is 0 Å². The first-order chi connectivity index (χ1) is 11.1. The van der Waals surface area contributed by atoms with Crippen LogP contribution in [-0.2, 0) is 11.3 Å². The lowest BCUT2D eigenvalue weighted by molar-refractivity contribution is 0.116. The van der Waals surface area contributed by atoms with Gasteiger partial charge in [-0.1, -0.05) is 19.1 Å². The number of H-pyrrole nitrogens is 1. The lowest BCUT2D eigenvalue weighted by Gasteiger charge is -2.04. The van der Waals surface area contributed by atoms with Crippen molar-refractivity contribution in [1.29, 1.82) is 0 Å². The van der Waals surface area contributed by atoms with Crippen LogP contribution in [0.5, 0.6) is 0 Å². The maximum Gasteiger partial charge on any atom is 0.260 e. The minimum absolute atomic E-state index is 0.186. The molecule has 0 saturated carbocycles. The van der Waals surface area contributed by atoms with Crippen molar-refractivity contribution in [2.75, 3.05) is 6.61 Å². The van der Waals surface area contributed by atoms with Crippen molar-refractivity contribution in [1.82, 2.24) is 9.97 Å². The van der Waals surface area contributed by atoms with Gasteiger partial charge < -0.3 is 9.72 Å². The fourth-order valence-corrected chi connectivity index (χ4v) is 3.57. The SMILES string of the molecule is CCCOCc1nc2sc(C)c(-c3ccc(F)cc3)c2c(=O)[nH]1. The maximum absolute atomic E-state index is 13.1. The van der Waals surface area contributed by atoms with Gasteiger partial charge in [-0.25, -0.2) is 9.37 Å². The molecule has 0 fully saturated rings. The number of nitrogens with one attached hydrogen (secondary N) is 1. The van der Waals surface area contributed by atoms with Gasteiger partial charge in [-0.05, 0) is 31.0 Å². The number of hydrogen-bond acceptors (Lipinski definition) is 4. The Morgan fingerprint density at radius 2 is 2.04 bits per heavy atom. The lowest BCUT2D eigenvalue weighted by atomic mass is 10.0. The summed E-state index contributed by atoms with van der Waals surface area (Å²) in [5.41, 5.74) is 1.45. The molecule has 0 aliphatic heterocycles. The highest BCUT2D eigenvalue weighted by atomic mass is 32.1. The monoisotopic (exact) mass is 332 g/mol.